The first-order chi connectivity index (χ1) is 11.7. The molecule has 25 heavy (non-hydrogen) atoms. The minimum Gasteiger partial charge on any atom is -1.00 e. The molecule has 5 rings (SSSR count). The van der Waals surface area contributed by atoms with Crippen LogP contribution in [0.3, 0.4) is 0 Å². The molecule has 0 saturated heterocycles. The van der Waals surface area contributed by atoms with Crippen molar-refractivity contribution < 1.29 is 36.3 Å². The maximum Gasteiger partial charge on any atom is 0.231 e. The molecule has 0 aliphatic carbocycles. The molecule has 2 aliphatic rings. The summed E-state index contributed by atoms with van der Waals surface area (Å²) >= 11 is 0. The van der Waals surface area contributed by atoms with E-state index in [2.05, 4.69) is 29.0 Å². The van der Waals surface area contributed by atoms with Gasteiger partial charge in [-0.15, -0.1) is 0 Å². The molecule has 2 aromatic carbocycles. The summed E-state index contributed by atoms with van der Waals surface area (Å²) in [5, 5.41) is 11.9. The lowest BCUT2D eigenvalue weighted by Crippen LogP contribution is -3.00. The molecule has 0 saturated carbocycles. The van der Waals surface area contributed by atoms with Gasteiger partial charge in [-0.3, -0.25) is 0 Å². The van der Waals surface area contributed by atoms with Crippen molar-refractivity contribution in [2.75, 3.05) is 13.9 Å². The fraction of sp³-hybridized carbons (Fsp3) is 0.211. The normalized spacial score (nSPS) is 13.8. The molecular weight excluding hydrogens is 342 g/mol. The van der Waals surface area contributed by atoms with Gasteiger partial charge < -0.3 is 31.7 Å². The number of hydrogen-bond acceptors (Lipinski definition) is 4. The van der Waals surface area contributed by atoms with Crippen LogP contribution in [0.1, 0.15) is 5.56 Å². The van der Waals surface area contributed by atoms with Crippen LogP contribution in [0.2, 0.25) is 0 Å². The average Bonchev–Trinajstić information content (AvgIpc) is 3.05. The molecule has 0 spiro atoms. The van der Waals surface area contributed by atoms with E-state index in [1.54, 1.807) is 13.2 Å². The Morgan fingerprint density at radius 1 is 1.12 bits per heavy atom. The van der Waals surface area contributed by atoms with Gasteiger partial charge in [-0.25, -0.2) is 0 Å². The minimum absolute atomic E-state index is 0. The zero-order valence-corrected chi connectivity index (χ0v) is 14.3. The summed E-state index contributed by atoms with van der Waals surface area (Å²) in [5.74, 6) is 2.30. The first-order valence-corrected chi connectivity index (χ1v) is 7.90. The van der Waals surface area contributed by atoms with Crippen LogP contribution in [0.25, 0.3) is 22.0 Å². The zero-order chi connectivity index (χ0) is 16.3. The Hall–Kier alpha value is -2.66. The van der Waals surface area contributed by atoms with Gasteiger partial charge in [0.15, 0.2) is 35.7 Å². The van der Waals surface area contributed by atoms with Crippen LogP contribution in [0.5, 0.6) is 23.0 Å². The summed E-state index contributed by atoms with van der Waals surface area (Å²) in [7, 11) is 1.58. The predicted octanol–water partition coefficient (Wildman–Crippen LogP) is -0.203. The Bertz CT molecular complexity index is 1000. The van der Waals surface area contributed by atoms with Crippen molar-refractivity contribution in [1.82, 2.24) is 0 Å². The highest BCUT2D eigenvalue weighted by molar-refractivity contribution is 5.91. The average molecular weight is 358 g/mol. The van der Waals surface area contributed by atoms with E-state index < -0.39 is 0 Å². The molecule has 0 unspecified atom stereocenters. The molecular formula is C19H16ClNO4. The van der Waals surface area contributed by atoms with E-state index >= 15 is 0 Å². The molecule has 0 amide bonds. The van der Waals surface area contributed by atoms with Crippen molar-refractivity contribution in [3.63, 3.8) is 0 Å². The molecule has 1 N–H and O–H groups in total. The van der Waals surface area contributed by atoms with E-state index in [1.165, 1.54) is 11.1 Å². The summed E-state index contributed by atoms with van der Waals surface area (Å²) in [6.07, 6.45) is 2.98. The van der Waals surface area contributed by atoms with E-state index in [9.17, 15) is 5.11 Å². The van der Waals surface area contributed by atoms with Crippen molar-refractivity contribution in [2.24, 2.45) is 0 Å². The fourth-order valence-electron chi connectivity index (χ4n) is 3.62. The Morgan fingerprint density at radius 2 is 1.92 bits per heavy atom. The first-order valence-electron chi connectivity index (χ1n) is 7.90. The number of halogens is 1. The van der Waals surface area contributed by atoms with E-state index in [0.29, 0.717) is 5.75 Å². The standard InChI is InChI=1S/C19H15NO4.ClH/c1-22-19-14-9-20-5-4-12-7-17-18(24-10-23-17)8-13(12)15(20)6-11(14)2-3-16(19)21;/h2-3,6-9H,4-5,10H2,1H3;1H. The van der Waals surface area contributed by atoms with Crippen molar-refractivity contribution in [3.8, 4) is 34.3 Å². The fourth-order valence-corrected chi connectivity index (χ4v) is 3.62. The van der Waals surface area contributed by atoms with Crippen molar-refractivity contribution in [2.45, 2.75) is 13.0 Å². The van der Waals surface area contributed by atoms with Gasteiger partial charge in [0.25, 0.3) is 0 Å². The van der Waals surface area contributed by atoms with Gasteiger partial charge in [0.2, 0.25) is 12.5 Å². The SMILES string of the molecule is COc1c(O)ccc2cc3[n+](cc12)CCc1cc2c(cc1-3)OCO2.[Cl-]. The Morgan fingerprint density at radius 3 is 2.72 bits per heavy atom. The van der Waals surface area contributed by atoms with Gasteiger partial charge >= 0.3 is 0 Å². The third-order valence-electron chi connectivity index (χ3n) is 4.80. The van der Waals surface area contributed by atoms with Crippen molar-refractivity contribution in [3.05, 3.63) is 42.1 Å². The molecule has 0 radical (unpaired) electrons. The predicted molar refractivity (Wildman–Crippen MR) is 87.6 cm³/mol. The second-order valence-electron chi connectivity index (χ2n) is 6.09. The second kappa shape index (κ2) is 5.70. The number of nitrogens with zero attached hydrogens (tertiary/aromatic N) is 1. The van der Waals surface area contributed by atoms with E-state index in [4.69, 9.17) is 14.2 Å². The topological polar surface area (TPSA) is 51.8 Å². The van der Waals surface area contributed by atoms with Crippen LogP contribution in [0, 0.1) is 0 Å². The summed E-state index contributed by atoms with van der Waals surface area (Å²) in [6.45, 7) is 1.16. The number of aromatic hydroxyl groups is 1. The third kappa shape index (κ3) is 2.27. The monoisotopic (exact) mass is 357 g/mol. The highest BCUT2D eigenvalue weighted by Gasteiger charge is 2.28. The number of phenolic OH excluding ortho intramolecular Hbond substituents is 1. The lowest BCUT2D eigenvalue weighted by Gasteiger charge is -2.17. The van der Waals surface area contributed by atoms with Crippen LogP contribution in [-0.2, 0) is 13.0 Å². The lowest BCUT2D eigenvalue weighted by molar-refractivity contribution is -0.686. The van der Waals surface area contributed by atoms with E-state index in [-0.39, 0.29) is 24.9 Å². The van der Waals surface area contributed by atoms with Crippen LogP contribution in [0.15, 0.2) is 36.5 Å². The maximum atomic E-state index is 10.0. The number of hydrogen-bond donors (Lipinski definition) is 1. The van der Waals surface area contributed by atoms with Gasteiger partial charge in [0.1, 0.15) is 0 Å². The molecule has 0 atom stereocenters. The maximum absolute atomic E-state index is 10.0. The van der Waals surface area contributed by atoms with Crippen LogP contribution >= 0.6 is 0 Å². The molecule has 2 aliphatic heterocycles. The molecule has 3 heterocycles. The lowest BCUT2D eigenvalue weighted by atomic mass is 9.95. The molecule has 0 fully saturated rings. The molecule has 5 nitrogen and oxygen atoms in total. The Kier molecular flexibility index (Phi) is 3.62. The molecule has 3 aromatic rings. The molecule has 1 aromatic heterocycles. The third-order valence-corrected chi connectivity index (χ3v) is 4.80. The number of methoxy groups -OCH3 is 1. The molecule has 6 heteroatoms. The summed E-state index contributed by atoms with van der Waals surface area (Å²) in [4.78, 5) is 0. The molecule has 0 bridgehead atoms. The van der Waals surface area contributed by atoms with Gasteiger partial charge in [-0.2, -0.15) is 4.57 Å². The van der Waals surface area contributed by atoms with Gasteiger partial charge in [-0.05, 0) is 35.2 Å². The quantitative estimate of drug-likeness (QED) is 0.613. The number of phenols is 1. The number of ether oxygens (including phenoxy) is 3. The Labute approximate surface area is 150 Å². The number of pyridine rings is 1. The van der Waals surface area contributed by atoms with Crippen LogP contribution in [-0.4, -0.2) is 19.0 Å². The van der Waals surface area contributed by atoms with Crippen molar-refractivity contribution >= 4 is 10.8 Å². The molecule has 128 valence electrons. The van der Waals surface area contributed by atoms with Crippen LogP contribution in [0.4, 0.5) is 0 Å². The van der Waals surface area contributed by atoms with Gasteiger partial charge in [-0.1, -0.05) is 0 Å². The largest absolute Gasteiger partial charge is 1.00 e. The number of aromatic nitrogens is 1. The number of fused-ring (bicyclic) bond motifs is 5. The van der Waals surface area contributed by atoms with E-state index in [0.717, 1.165) is 40.9 Å². The number of rotatable bonds is 1. The number of aryl methyl sites for hydroxylation is 2. The first kappa shape index (κ1) is 15.8. The van der Waals surface area contributed by atoms with Gasteiger partial charge in [0.05, 0.1) is 18.1 Å². The van der Waals surface area contributed by atoms with Crippen LogP contribution < -0.4 is 31.2 Å². The van der Waals surface area contributed by atoms with E-state index in [1.807, 2.05) is 6.07 Å². The minimum atomic E-state index is 0. The zero-order valence-electron chi connectivity index (χ0n) is 13.6. The summed E-state index contributed by atoms with van der Waals surface area (Å²) in [5.41, 5.74) is 3.57. The second-order valence-corrected chi connectivity index (χ2v) is 6.09. The highest BCUT2D eigenvalue weighted by atomic mass is 35.5. The smallest absolute Gasteiger partial charge is 0.231 e. The highest BCUT2D eigenvalue weighted by Crippen LogP contribution is 2.41. The van der Waals surface area contributed by atoms with Gasteiger partial charge in [0, 0.05) is 12.5 Å². The summed E-state index contributed by atoms with van der Waals surface area (Å²) < 4.78 is 18.6. The Balaban J connectivity index is 0.00000157. The van der Waals surface area contributed by atoms with Crippen molar-refractivity contribution in [1.29, 1.82) is 0 Å². The summed E-state index contributed by atoms with van der Waals surface area (Å²) in [6, 6.07) is 9.86. The number of benzene rings is 2.